The number of carbonyl (C=O) groups excluding carboxylic acids is 2. The molecule has 0 unspecified atom stereocenters. The first kappa shape index (κ1) is 16.4. The van der Waals surface area contributed by atoms with Crippen LogP contribution < -0.4 is 5.32 Å². The van der Waals surface area contributed by atoms with Crippen LogP contribution in [0.25, 0.3) is 0 Å². The Morgan fingerprint density at radius 1 is 1.14 bits per heavy atom. The maximum absolute atomic E-state index is 12.1. The van der Waals surface area contributed by atoms with E-state index in [1.54, 1.807) is 28.9 Å². The number of piperazine rings is 1. The minimum Gasteiger partial charge on any atom is -0.450 e. The van der Waals surface area contributed by atoms with Gasteiger partial charge in [-0.3, -0.25) is 0 Å². The summed E-state index contributed by atoms with van der Waals surface area (Å²) in [6.07, 6.45) is -0.316. The maximum Gasteiger partial charge on any atom is 0.409 e. The molecule has 6 nitrogen and oxygen atoms in total. The number of ether oxygens (including phenoxy) is 1. The molecule has 1 aliphatic heterocycles. The highest BCUT2D eigenvalue weighted by Gasteiger charge is 2.24. The van der Waals surface area contributed by atoms with Crippen LogP contribution in [0.15, 0.2) is 24.3 Å². The lowest BCUT2D eigenvalue weighted by Crippen LogP contribution is -2.53. The maximum atomic E-state index is 12.1. The molecule has 1 aromatic carbocycles. The summed E-state index contributed by atoms with van der Waals surface area (Å²) in [5.74, 6) is 0. The minimum absolute atomic E-state index is 0.126. The fourth-order valence-corrected chi connectivity index (χ4v) is 2.32. The number of hydrogen-bond donors (Lipinski definition) is 1. The van der Waals surface area contributed by atoms with Crippen molar-refractivity contribution in [3.63, 3.8) is 0 Å². The zero-order valence-corrected chi connectivity index (χ0v) is 13.3. The molecular weight excluding hydrogens is 306 g/mol. The number of nitrogens with one attached hydrogen (secondary N) is 1. The number of urea groups is 1. The first-order chi connectivity index (χ1) is 10.6. The van der Waals surface area contributed by atoms with Crippen LogP contribution >= 0.6 is 11.6 Å². The summed E-state index contributed by atoms with van der Waals surface area (Å²) in [6.45, 7) is 4.59. The Hall–Kier alpha value is -1.95. The molecule has 3 amide bonds. The Kier molecular flexibility index (Phi) is 5.89. The molecule has 1 aromatic rings. The van der Waals surface area contributed by atoms with Crippen molar-refractivity contribution in [1.82, 2.24) is 15.1 Å². The van der Waals surface area contributed by atoms with Gasteiger partial charge in [-0.2, -0.15) is 0 Å². The molecule has 7 heteroatoms. The standard InChI is InChI=1S/C15H20ClN3O3/c1-2-22-15(21)19-9-7-18(8-10-19)14(20)17-11-12-3-5-13(16)6-4-12/h3-6H,2,7-11H2,1H3,(H,17,20). The largest absolute Gasteiger partial charge is 0.450 e. The fraction of sp³-hybridized carbons (Fsp3) is 0.467. The van der Waals surface area contributed by atoms with Crippen LogP contribution in [0.5, 0.6) is 0 Å². The van der Waals surface area contributed by atoms with Gasteiger partial charge in [-0.1, -0.05) is 23.7 Å². The van der Waals surface area contributed by atoms with E-state index in [2.05, 4.69) is 5.32 Å². The molecule has 22 heavy (non-hydrogen) atoms. The SMILES string of the molecule is CCOC(=O)N1CCN(C(=O)NCc2ccc(Cl)cc2)CC1. The summed E-state index contributed by atoms with van der Waals surface area (Å²) in [7, 11) is 0. The molecule has 0 saturated carbocycles. The molecule has 1 aliphatic rings. The van der Waals surface area contributed by atoms with E-state index in [0.29, 0.717) is 44.4 Å². The molecule has 0 bridgehead atoms. The third kappa shape index (κ3) is 4.53. The summed E-state index contributed by atoms with van der Waals surface area (Å²) >= 11 is 5.82. The van der Waals surface area contributed by atoms with Crippen molar-refractivity contribution in [2.75, 3.05) is 32.8 Å². The van der Waals surface area contributed by atoms with Crippen LogP contribution in [-0.2, 0) is 11.3 Å². The number of amides is 3. The van der Waals surface area contributed by atoms with Gasteiger partial charge >= 0.3 is 12.1 Å². The number of benzene rings is 1. The average Bonchev–Trinajstić information content (AvgIpc) is 2.54. The summed E-state index contributed by atoms with van der Waals surface area (Å²) in [5.41, 5.74) is 0.989. The second kappa shape index (κ2) is 7.89. The van der Waals surface area contributed by atoms with Crippen molar-refractivity contribution in [2.24, 2.45) is 0 Å². The summed E-state index contributed by atoms with van der Waals surface area (Å²) in [5, 5.41) is 3.54. The van der Waals surface area contributed by atoms with Crippen LogP contribution in [0.1, 0.15) is 12.5 Å². The van der Waals surface area contributed by atoms with Crippen LogP contribution in [0.2, 0.25) is 5.02 Å². The predicted molar refractivity (Wildman–Crippen MR) is 83.9 cm³/mol. The molecule has 2 rings (SSSR count). The molecular formula is C15H20ClN3O3. The van der Waals surface area contributed by atoms with Crippen molar-refractivity contribution in [1.29, 1.82) is 0 Å². The minimum atomic E-state index is -0.316. The highest BCUT2D eigenvalue weighted by atomic mass is 35.5. The summed E-state index contributed by atoms with van der Waals surface area (Å²) in [4.78, 5) is 27.0. The molecule has 1 N–H and O–H groups in total. The first-order valence-electron chi connectivity index (χ1n) is 7.29. The lowest BCUT2D eigenvalue weighted by Gasteiger charge is -2.34. The third-order valence-electron chi connectivity index (χ3n) is 3.45. The molecule has 0 atom stereocenters. The number of carbonyl (C=O) groups is 2. The van der Waals surface area contributed by atoms with Crippen LogP contribution in [0.3, 0.4) is 0 Å². The molecule has 0 radical (unpaired) electrons. The quantitative estimate of drug-likeness (QED) is 0.927. The van der Waals surface area contributed by atoms with E-state index in [1.165, 1.54) is 0 Å². The summed E-state index contributed by atoms with van der Waals surface area (Å²) < 4.78 is 4.95. The molecule has 0 spiro atoms. The Balaban J connectivity index is 1.75. The van der Waals surface area contributed by atoms with Crippen molar-refractivity contribution in [2.45, 2.75) is 13.5 Å². The zero-order valence-electron chi connectivity index (χ0n) is 12.5. The monoisotopic (exact) mass is 325 g/mol. The van der Waals surface area contributed by atoms with Crippen molar-refractivity contribution in [3.8, 4) is 0 Å². The molecule has 0 aliphatic carbocycles. The van der Waals surface area contributed by atoms with Crippen molar-refractivity contribution < 1.29 is 14.3 Å². The number of hydrogen-bond acceptors (Lipinski definition) is 3. The molecule has 1 heterocycles. The first-order valence-corrected chi connectivity index (χ1v) is 7.67. The van der Waals surface area contributed by atoms with Gasteiger partial charge in [-0.05, 0) is 24.6 Å². The Morgan fingerprint density at radius 3 is 2.32 bits per heavy atom. The Bertz CT molecular complexity index is 513. The second-order valence-corrected chi connectivity index (χ2v) is 5.39. The highest BCUT2D eigenvalue weighted by molar-refractivity contribution is 6.30. The van der Waals surface area contributed by atoms with Gasteiger partial charge in [0.1, 0.15) is 0 Å². The smallest absolute Gasteiger partial charge is 0.409 e. The lowest BCUT2D eigenvalue weighted by molar-refractivity contribution is 0.0851. The van der Waals surface area contributed by atoms with Gasteiger partial charge in [-0.15, -0.1) is 0 Å². The second-order valence-electron chi connectivity index (χ2n) is 4.96. The van der Waals surface area contributed by atoms with Gasteiger partial charge in [0.15, 0.2) is 0 Å². The molecule has 1 fully saturated rings. The van der Waals surface area contributed by atoms with E-state index < -0.39 is 0 Å². The number of rotatable bonds is 3. The number of nitrogens with zero attached hydrogens (tertiary/aromatic N) is 2. The highest BCUT2D eigenvalue weighted by Crippen LogP contribution is 2.09. The average molecular weight is 326 g/mol. The zero-order chi connectivity index (χ0) is 15.9. The Morgan fingerprint density at radius 2 is 1.73 bits per heavy atom. The molecule has 0 aromatic heterocycles. The summed E-state index contributed by atoms with van der Waals surface area (Å²) in [6, 6.07) is 7.21. The van der Waals surface area contributed by atoms with Gasteiger partial charge in [0.05, 0.1) is 6.61 Å². The van der Waals surface area contributed by atoms with Gasteiger partial charge < -0.3 is 19.9 Å². The normalized spacial score (nSPS) is 14.6. The van der Waals surface area contributed by atoms with E-state index in [0.717, 1.165) is 5.56 Å². The van der Waals surface area contributed by atoms with E-state index in [9.17, 15) is 9.59 Å². The van der Waals surface area contributed by atoms with Gasteiger partial charge in [0, 0.05) is 37.7 Å². The van der Waals surface area contributed by atoms with E-state index in [4.69, 9.17) is 16.3 Å². The van der Waals surface area contributed by atoms with Crippen LogP contribution in [-0.4, -0.2) is 54.7 Å². The molecule has 120 valence electrons. The van der Waals surface area contributed by atoms with Crippen molar-refractivity contribution in [3.05, 3.63) is 34.9 Å². The Labute approximate surface area is 135 Å². The van der Waals surface area contributed by atoms with Crippen LogP contribution in [0.4, 0.5) is 9.59 Å². The van der Waals surface area contributed by atoms with E-state index in [1.807, 2.05) is 12.1 Å². The molecule has 1 saturated heterocycles. The number of halogens is 1. The van der Waals surface area contributed by atoms with Gasteiger partial charge in [0.25, 0.3) is 0 Å². The lowest BCUT2D eigenvalue weighted by atomic mass is 10.2. The topological polar surface area (TPSA) is 61.9 Å². The van der Waals surface area contributed by atoms with Gasteiger partial charge in [0.2, 0.25) is 0 Å². The fourth-order valence-electron chi connectivity index (χ4n) is 2.20. The van der Waals surface area contributed by atoms with Crippen molar-refractivity contribution >= 4 is 23.7 Å². The predicted octanol–water partition coefficient (Wildman–Crippen LogP) is 2.32. The third-order valence-corrected chi connectivity index (χ3v) is 3.70. The van der Waals surface area contributed by atoms with E-state index >= 15 is 0 Å². The van der Waals surface area contributed by atoms with E-state index in [-0.39, 0.29) is 12.1 Å². The van der Waals surface area contributed by atoms with Crippen LogP contribution in [0, 0.1) is 0 Å². The van der Waals surface area contributed by atoms with Gasteiger partial charge in [-0.25, -0.2) is 9.59 Å².